The Hall–Kier alpha value is -2.57. The Labute approximate surface area is 159 Å². The van der Waals surface area contributed by atoms with Crippen LogP contribution in [-0.4, -0.2) is 44.6 Å². The molecule has 0 aliphatic carbocycles. The van der Waals surface area contributed by atoms with Gasteiger partial charge in [-0.2, -0.15) is 5.10 Å². The van der Waals surface area contributed by atoms with Gasteiger partial charge in [0.1, 0.15) is 0 Å². The minimum Gasteiger partial charge on any atom is -0.394 e. The Balaban J connectivity index is 1.57. The molecule has 0 unspecified atom stereocenters. The van der Waals surface area contributed by atoms with Crippen molar-refractivity contribution in [1.82, 2.24) is 25.1 Å². The maximum atomic E-state index is 9.39. The number of hydrogen-bond donors (Lipinski definition) is 2. The second-order valence-corrected chi connectivity index (χ2v) is 7.06. The molecule has 1 aliphatic heterocycles. The molecule has 2 aromatic heterocycles. The van der Waals surface area contributed by atoms with Crippen LogP contribution in [0.1, 0.15) is 18.4 Å². The van der Waals surface area contributed by atoms with E-state index in [1.165, 1.54) is 18.4 Å². The number of aromatic nitrogens is 4. The molecular formula is C21H25N5O. The van der Waals surface area contributed by atoms with Crippen molar-refractivity contribution in [2.24, 2.45) is 5.92 Å². The molecule has 2 N–H and O–H groups in total. The van der Waals surface area contributed by atoms with Crippen LogP contribution >= 0.6 is 0 Å². The predicted molar refractivity (Wildman–Crippen MR) is 105 cm³/mol. The highest BCUT2D eigenvalue weighted by Crippen LogP contribution is 2.24. The summed E-state index contributed by atoms with van der Waals surface area (Å²) in [6.07, 6.45) is 7.14. The van der Waals surface area contributed by atoms with Crippen LogP contribution in [0.25, 0.3) is 22.8 Å². The summed E-state index contributed by atoms with van der Waals surface area (Å²) in [5.74, 6) is 2.15. The smallest absolute Gasteiger partial charge is 0.181 e. The number of pyridine rings is 1. The SMILES string of the molecule is OCCn1nc(-c2ccncc2)nc1-c1ccc(C[C@@H]2CCCNC2)cc1. The second-order valence-electron chi connectivity index (χ2n) is 7.06. The zero-order valence-electron chi connectivity index (χ0n) is 15.4. The lowest BCUT2D eigenvalue weighted by Gasteiger charge is -2.22. The minimum atomic E-state index is 0.0267. The average molecular weight is 363 g/mol. The number of nitrogens with one attached hydrogen (secondary N) is 1. The third-order valence-corrected chi connectivity index (χ3v) is 5.06. The first-order chi connectivity index (χ1) is 13.3. The molecule has 0 saturated carbocycles. The monoisotopic (exact) mass is 363 g/mol. The van der Waals surface area contributed by atoms with Gasteiger partial charge in [-0.25, -0.2) is 9.67 Å². The van der Waals surface area contributed by atoms with Gasteiger partial charge in [-0.1, -0.05) is 24.3 Å². The van der Waals surface area contributed by atoms with E-state index in [4.69, 9.17) is 4.98 Å². The van der Waals surface area contributed by atoms with Gasteiger partial charge in [0, 0.05) is 23.5 Å². The van der Waals surface area contributed by atoms with Crippen LogP contribution in [0.2, 0.25) is 0 Å². The summed E-state index contributed by atoms with van der Waals surface area (Å²) in [6.45, 7) is 2.71. The highest BCUT2D eigenvalue weighted by molar-refractivity contribution is 5.61. The maximum absolute atomic E-state index is 9.39. The van der Waals surface area contributed by atoms with Crippen molar-refractivity contribution in [2.75, 3.05) is 19.7 Å². The van der Waals surface area contributed by atoms with Crippen LogP contribution in [0.3, 0.4) is 0 Å². The van der Waals surface area contributed by atoms with Crippen molar-refractivity contribution in [3.05, 3.63) is 54.4 Å². The molecule has 6 heteroatoms. The molecule has 3 aromatic rings. The second kappa shape index (κ2) is 8.41. The molecule has 1 atom stereocenters. The molecular weight excluding hydrogens is 338 g/mol. The number of rotatable bonds is 6. The number of piperidine rings is 1. The van der Waals surface area contributed by atoms with Crippen LogP contribution < -0.4 is 5.32 Å². The molecule has 3 heterocycles. The van der Waals surface area contributed by atoms with Gasteiger partial charge in [-0.3, -0.25) is 4.98 Å². The van der Waals surface area contributed by atoms with Crippen LogP contribution in [-0.2, 0) is 13.0 Å². The van der Waals surface area contributed by atoms with E-state index in [1.54, 1.807) is 17.1 Å². The Morgan fingerprint density at radius 3 is 2.59 bits per heavy atom. The lowest BCUT2D eigenvalue weighted by Crippen LogP contribution is -2.30. The maximum Gasteiger partial charge on any atom is 0.181 e. The Morgan fingerprint density at radius 2 is 1.89 bits per heavy atom. The van der Waals surface area contributed by atoms with Gasteiger partial charge in [0.05, 0.1) is 13.2 Å². The topological polar surface area (TPSA) is 75.9 Å². The quantitative estimate of drug-likeness (QED) is 0.704. The van der Waals surface area contributed by atoms with Crippen molar-refractivity contribution >= 4 is 0 Å². The van der Waals surface area contributed by atoms with E-state index in [0.29, 0.717) is 12.4 Å². The van der Waals surface area contributed by atoms with Gasteiger partial charge in [0.2, 0.25) is 0 Å². The molecule has 0 spiro atoms. The summed E-state index contributed by atoms with van der Waals surface area (Å²) in [7, 11) is 0. The molecule has 1 aromatic carbocycles. The van der Waals surface area contributed by atoms with Crippen molar-refractivity contribution in [3.63, 3.8) is 0 Å². The predicted octanol–water partition coefficient (Wildman–Crippen LogP) is 2.54. The molecule has 1 fully saturated rings. The fraction of sp³-hybridized carbons (Fsp3) is 0.381. The van der Waals surface area contributed by atoms with Crippen LogP contribution in [0, 0.1) is 5.92 Å². The van der Waals surface area contributed by atoms with E-state index in [9.17, 15) is 5.11 Å². The van der Waals surface area contributed by atoms with Gasteiger partial charge >= 0.3 is 0 Å². The lowest BCUT2D eigenvalue weighted by atomic mass is 9.92. The molecule has 0 radical (unpaired) electrons. The highest BCUT2D eigenvalue weighted by Gasteiger charge is 2.15. The van der Waals surface area contributed by atoms with Crippen LogP contribution in [0.5, 0.6) is 0 Å². The largest absolute Gasteiger partial charge is 0.394 e. The third-order valence-electron chi connectivity index (χ3n) is 5.06. The Morgan fingerprint density at radius 1 is 1.07 bits per heavy atom. The molecule has 1 aliphatic rings. The standard InChI is InChI=1S/C21H25N5O/c27-13-12-26-21(24-20(25-26)18-7-10-22-11-8-18)19-5-3-16(4-6-19)14-17-2-1-9-23-15-17/h3-8,10-11,17,23,27H,1-2,9,12-15H2/t17-/m0/s1. The lowest BCUT2D eigenvalue weighted by molar-refractivity contribution is 0.270. The van der Waals surface area contributed by atoms with E-state index in [2.05, 4.69) is 39.7 Å². The number of hydrogen-bond acceptors (Lipinski definition) is 5. The van der Waals surface area contributed by atoms with Gasteiger partial charge in [0.15, 0.2) is 11.6 Å². The van der Waals surface area contributed by atoms with Crippen LogP contribution in [0.15, 0.2) is 48.8 Å². The van der Waals surface area contributed by atoms with Gasteiger partial charge in [0.25, 0.3) is 0 Å². The average Bonchev–Trinajstić information content (AvgIpc) is 3.14. The molecule has 0 amide bonds. The first-order valence-electron chi connectivity index (χ1n) is 9.59. The molecule has 0 bridgehead atoms. The highest BCUT2D eigenvalue weighted by atomic mass is 16.3. The van der Waals surface area contributed by atoms with Gasteiger partial charge in [-0.05, 0) is 56.0 Å². The van der Waals surface area contributed by atoms with Crippen molar-refractivity contribution in [1.29, 1.82) is 0 Å². The number of aliphatic hydroxyl groups is 1. The Bertz CT molecular complexity index is 854. The van der Waals surface area contributed by atoms with E-state index >= 15 is 0 Å². The zero-order chi connectivity index (χ0) is 18.5. The van der Waals surface area contributed by atoms with E-state index in [1.807, 2.05) is 12.1 Å². The first-order valence-corrected chi connectivity index (χ1v) is 9.59. The van der Waals surface area contributed by atoms with Crippen molar-refractivity contribution < 1.29 is 5.11 Å². The van der Waals surface area contributed by atoms with Gasteiger partial charge in [-0.15, -0.1) is 0 Å². The summed E-state index contributed by atoms with van der Waals surface area (Å²) < 4.78 is 1.77. The number of benzene rings is 1. The molecule has 1 saturated heterocycles. The van der Waals surface area contributed by atoms with E-state index < -0.39 is 0 Å². The summed E-state index contributed by atoms with van der Waals surface area (Å²) in [4.78, 5) is 8.76. The minimum absolute atomic E-state index is 0.0267. The summed E-state index contributed by atoms with van der Waals surface area (Å²) >= 11 is 0. The Kier molecular flexibility index (Phi) is 5.55. The molecule has 140 valence electrons. The summed E-state index contributed by atoms with van der Waals surface area (Å²) in [6, 6.07) is 12.4. The number of nitrogens with zero attached hydrogens (tertiary/aromatic N) is 4. The fourth-order valence-corrected chi connectivity index (χ4v) is 3.65. The van der Waals surface area contributed by atoms with Crippen molar-refractivity contribution in [2.45, 2.75) is 25.8 Å². The third kappa shape index (κ3) is 4.23. The normalized spacial score (nSPS) is 17.1. The first kappa shape index (κ1) is 17.8. The van der Waals surface area contributed by atoms with E-state index in [0.717, 1.165) is 42.4 Å². The fourth-order valence-electron chi connectivity index (χ4n) is 3.65. The van der Waals surface area contributed by atoms with E-state index in [-0.39, 0.29) is 6.61 Å². The van der Waals surface area contributed by atoms with Crippen LogP contribution in [0.4, 0.5) is 0 Å². The molecule has 6 nitrogen and oxygen atoms in total. The van der Waals surface area contributed by atoms with Crippen molar-refractivity contribution in [3.8, 4) is 22.8 Å². The summed E-state index contributed by atoms with van der Waals surface area (Å²) in [5, 5.41) is 17.4. The van der Waals surface area contributed by atoms with Gasteiger partial charge < -0.3 is 10.4 Å². The summed E-state index contributed by atoms with van der Waals surface area (Å²) in [5.41, 5.74) is 3.29. The molecule has 27 heavy (non-hydrogen) atoms. The molecule has 4 rings (SSSR count). The zero-order valence-corrected chi connectivity index (χ0v) is 15.4. The number of aliphatic hydroxyl groups excluding tert-OH is 1.